The Balaban J connectivity index is 2.31. The average Bonchev–Trinajstić information content (AvgIpc) is 3.03. The Labute approximate surface area is 150 Å². The topological polar surface area (TPSA) is 164 Å². The van der Waals surface area contributed by atoms with E-state index in [4.69, 9.17) is 9.84 Å². The molecule has 10 heteroatoms. The predicted octanol–water partition coefficient (Wildman–Crippen LogP) is 1.54. The number of Topliss-reactive ketones (excluding diaryl/α,β-unsaturated/α-hetero) is 2. The van der Waals surface area contributed by atoms with Gasteiger partial charge in [0.25, 0.3) is 5.78 Å². The molecule has 2 heterocycles. The van der Waals surface area contributed by atoms with Crippen LogP contribution < -0.4 is 0 Å². The summed E-state index contributed by atoms with van der Waals surface area (Å²) in [5, 5.41) is 18.5. The molecule has 10 nitrogen and oxygen atoms in total. The number of pyridine rings is 1. The summed E-state index contributed by atoms with van der Waals surface area (Å²) < 4.78 is 4.82. The van der Waals surface area contributed by atoms with Crippen molar-refractivity contribution in [1.29, 1.82) is 0 Å². The van der Waals surface area contributed by atoms with Crippen LogP contribution in [-0.2, 0) is 4.74 Å². The van der Waals surface area contributed by atoms with Gasteiger partial charge in [-0.15, -0.1) is 0 Å². The monoisotopic (exact) mass is 370 g/mol. The fourth-order valence-corrected chi connectivity index (χ4v) is 2.62. The van der Waals surface area contributed by atoms with Gasteiger partial charge in [-0.05, 0) is 19.1 Å². The third-order valence-electron chi connectivity index (χ3n) is 3.69. The first-order valence-electron chi connectivity index (χ1n) is 7.33. The Bertz CT molecular complexity index is 1090. The first-order valence-corrected chi connectivity index (χ1v) is 7.33. The molecule has 0 saturated heterocycles. The number of carboxylic acids is 2. The number of carbonyl (C=O) groups excluding carboxylic acids is 3. The number of carboxylic acid groups (broad SMARTS) is 2. The zero-order valence-corrected chi connectivity index (χ0v) is 13.7. The number of nitrogens with one attached hydrogen (secondary N) is 1. The number of ether oxygens (including phenoxy) is 1. The van der Waals surface area contributed by atoms with Crippen molar-refractivity contribution in [3.05, 3.63) is 52.7 Å². The molecule has 27 heavy (non-hydrogen) atoms. The smallest absolute Gasteiger partial charge is 0.359 e. The van der Waals surface area contributed by atoms with Crippen LogP contribution in [0.4, 0.5) is 0 Å². The Kier molecular flexibility index (Phi) is 3.95. The number of aromatic carboxylic acids is 2. The van der Waals surface area contributed by atoms with Gasteiger partial charge < -0.3 is 19.9 Å². The minimum Gasteiger partial charge on any atom is -0.478 e. The Morgan fingerprint density at radius 2 is 1.78 bits per heavy atom. The van der Waals surface area contributed by atoms with Crippen LogP contribution in [0.1, 0.15) is 59.1 Å². The van der Waals surface area contributed by atoms with Gasteiger partial charge in [0.2, 0.25) is 5.78 Å². The average molecular weight is 370 g/mol. The highest BCUT2D eigenvalue weighted by Gasteiger charge is 2.38. The quantitative estimate of drug-likeness (QED) is 0.411. The molecule has 1 aliphatic carbocycles. The zero-order chi connectivity index (χ0) is 20.0. The number of esters is 1. The fraction of sp³-hybridized carbons (Fsp3) is 0.0588. The molecule has 2 aromatic heterocycles. The molecule has 0 bridgehead atoms. The maximum atomic E-state index is 12.3. The molecule has 3 N–H and O–H groups in total. The molecule has 0 aromatic carbocycles. The van der Waals surface area contributed by atoms with E-state index < -0.39 is 46.4 Å². The summed E-state index contributed by atoms with van der Waals surface area (Å²) in [5.41, 5.74) is -2.74. The Morgan fingerprint density at radius 1 is 1.11 bits per heavy atom. The number of rotatable bonds is 4. The first kappa shape index (κ1) is 17.7. The maximum absolute atomic E-state index is 12.3. The van der Waals surface area contributed by atoms with Crippen molar-refractivity contribution < 1.29 is 38.9 Å². The van der Waals surface area contributed by atoms with E-state index in [0.29, 0.717) is 0 Å². The van der Waals surface area contributed by atoms with Crippen molar-refractivity contribution in [3.63, 3.8) is 0 Å². The molecule has 0 unspecified atom stereocenters. The van der Waals surface area contributed by atoms with Crippen molar-refractivity contribution in [1.82, 2.24) is 9.97 Å². The molecule has 0 saturated carbocycles. The second-order valence-corrected chi connectivity index (χ2v) is 5.61. The lowest BCUT2D eigenvalue weighted by atomic mass is 9.88. The summed E-state index contributed by atoms with van der Waals surface area (Å²) in [4.78, 5) is 65.6. The van der Waals surface area contributed by atoms with E-state index in [1.54, 1.807) is 0 Å². The third-order valence-corrected chi connectivity index (χ3v) is 3.69. The van der Waals surface area contributed by atoms with Crippen molar-refractivity contribution in [2.45, 2.75) is 6.92 Å². The van der Waals surface area contributed by atoms with Crippen LogP contribution >= 0.6 is 0 Å². The van der Waals surface area contributed by atoms with Crippen molar-refractivity contribution in [2.75, 3.05) is 0 Å². The molecule has 0 atom stereocenters. The summed E-state index contributed by atoms with van der Waals surface area (Å²) in [6.45, 7) is 4.83. The Hall–Kier alpha value is -4.08. The molecule has 0 radical (unpaired) electrons. The summed E-state index contributed by atoms with van der Waals surface area (Å²) in [7, 11) is 0. The number of aromatic amines is 1. The standard InChI is InChI=1S/C17H10N2O8/c1-5(2)27-17(26)9-4-7-11(19-9)10-6(15(22)23)3-8(16(24)25)18-12(10)14(21)13(7)20/h3-4,19H,1H2,2H3,(H,22,23)(H,24,25). The van der Waals surface area contributed by atoms with Crippen molar-refractivity contribution in [3.8, 4) is 11.3 Å². The molecule has 0 aliphatic heterocycles. The van der Waals surface area contributed by atoms with Crippen LogP contribution in [0.25, 0.3) is 11.3 Å². The SMILES string of the molecule is C=C(C)OC(=O)c1cc2c([nH]1)-c1c(C(=O)O)cc(C(=O)O)nc1C(=O)C2=O. The van der Waals surface area contributed by atoms with Gasteiger partial charge in [0.05, 0.1) is 22.6 Å². The fourth-order valence-electron chi connectivity index (χ4n) is 2.62. The lowest BCUT2D eigenvalue weighted by Gasteiger charge is -2.16. The molecule has 136 valence electrons. The number of H-pyrrole nitrogens is 1. The highest BCUT2D eigenvalue weighted by molar-refractivity contribution is 6.52. The highest BCUT2D eigenvalue weighted by atomic mass is 16.5. The van der Waals surface area contributed by atoms with Crippen LogP contribution in [-0.4, -0.2) is 49.7 Å². The minimum absolute atomic E-state index is 0.0781. The molecule has 0 fully saturated rings. The van der Waals surface area contributed by atoms with Crippen LogP contribution in [0.15, 0.2) is 24.5 Å². The predicted molar refractivity (Wildman–Crippen MR) is 86.8 cm³/mol. The van der Waals surface area contributed by atoms with E-state index in [2.05, 4.69) is 16.5 Å². The number of carbonyl (C=O) groups is 5. The maximum Gasteiger partial charge on any atom is 0.359 e. The van der Waals surface area contributed by atoms with Gasteiger partial charge in [0, 0.05) is 5.56 Å². The van der Waals surface area contributed by atoms with Crippen molar-refractivity contribution >= 4 is 29.5 Å². The van der Waals surface area contributed by atoms with Crippen LogP contribution in [0.5, 0.6) is 0 Å². The number of nitrogens with zero attached hydrogens (tertiary/aromatic N) is 1. The third kappa shape index (κ3) is 2.78. The first-order chi connectivity index (χ1) is 12.6. The second kappa shape index (κ2) is 6.02. The lowest BCUT2D eigenvalue weighted by Crippen LogP contribution is -2.25. The number of fused-ring (bicyclic) bond motifs is 3. The highest BCUT2D eigenvalue weighted by Crippen LogP contribution is 2.36. The number of ketones is 2. The Morgan fingerprint density at radius 3 is 2.33 bits per heavy atom. The molecular weight excluding hydrogens is 360 g/mol. The summed E-state index contributed by atoms with van der Waals surface area (Å²) in [6.07, 6.45) is 0. The van der Waals surface area contributed by atoms with E-state index in [1.165, 1.54) is 6.92 Å². The van der Waals surface area contributed by atoms with Crippen LogP contribution in [0.3, 0.4) is 0 Å². The van der Waals surface area contributed by atoms with Crippen molar-refractivity contribution in [2.24, 2.45) is 0 Å². The van der Waals surface area contributed by atoms with Crippen LogP contribution in [0.2, 0.25) is 0 Å². The van der Waals surface area contributed by atoms with E-state index in [9.17, 15) is 29.1 Å². The normalized spacial score (nSPS) is 12.2. The number of aromatic nitrogens is 2. The molecule has 0 amide bonds. The van der Waals surface area contributed by atoms with E-state index in [1.807, 2.05) is 0 Å². The van der Waals surface area contributed by atoms with Crippen LogP contribution in [0, 0.1) is 0 Å². The van der Waals surface area contributed by atoms with E-state index >= 15 is 0 Å². The van der Waals surface area contributed by atoms with Gasteiger partial charge in [-0.3, -0.25) is 9.59 Å². The molecule has 3 rings (SSSR count). The molecule has 1 aliphatic rings. The van der Waals surface area contributed by atoms with Gasteiger partial charge in [0.15, 0.2) is 0 Å². The number of hydrogen-bond donors (Lipinski definition) is 3. The van der Waals surface area contributed by atoms with E-state index in [-0.39, 0.29) is 28.3 Å². The molecule has 2 aromatic rings. The minimum atomic E-state index is -1.57. The zero-order valence-electron chi connectivity index (χ0n) is 13.7. The molecule has 0 spiro atoms. The van der Waals surface area contributed by atoms with Gasteiger partial charge in [-0.1, -0.05) is 6.58 Å². The van der Waals surface area contributed by atoms with Gasteiger partial charge in [-0.25, -0.2) is 19.4 Å². The second-order valence-electron chi connectivity index (χ2n) is 5.61. The number of allylic oxidation sites excluding steroid dienone is 1. The van der Waals surface area contributed by atoms with E-state index in [0.717, 1.165) is 12.1 Å². The largest absolute Gasteiger partial charge is 0.478 e. The summed E-state index contributed by atoms with van der Waals surface area (Å²) in [5.74, 6) is -6.16. The number of hydrogen-bond acceptors (Lipinski definition) is 7. The molecular formula is C17H10N2O8. The summed E-state index contributed by atoms with van der Waals surface area (Å²) >= 11 is 0. The lowest BCUT2D eigenvalue weighted by molar-refractivity contribution is 0.0619. The van der Waals surface area contributed by atoms with Gasteiger partial charge in [0.1, 0.15) is 17.1 Å². The van der Waals surface area contributed by atoms with Gasteiger partial charge in [-0.2, -0.15) is 0 Å². The van der Waals surface area contributed by atoms with Gasteiger partial charge >= 0.3 is 17.9 Å². The summed E-state index contributed by atoms with van der Waals surface area (Å²) in [6, 6.07) is 1.82.